The van der Waals surface area contributed by atoms with Gasteiger partial charge in [-0.25, -0.2) is 4.79 Å². The molecular formula is C19H15NO4. The van der Waals surface area contributed by atoms with E-state index in [1.165, 1.54) is 0 Å². The number of carbonyl (C=O) groups excluding carboxylic acids is 3. The first kappa shape index (κ1) is 14.6. The van der Waals surface area contributed by atoms with Crippen molar-refractivity contribution < 1.29 is 19.2 Å². The molecule has 0 atom stereocenters. The third kappa shape index (κ3) is 2.29. The molecule has 0 saturated carbocycles. The van der Waals surface area contributed by atoms with E-state index in [2.05, 4.69) is 0 Å². The quantitative estimate of drug-likeness (QED) is 0.797. The highest BCUT2D eigenvalue weighted by Crippen LogP contribution is 2.37. The lowest BCUT2D eigenvalue weighted by Crippen LogP contribution is -2.35. The first-order chi connectivity index (χ1) is 11.6. The van der Waals surface area contributed by atoms with Crippen LogP contribution in [0.15, 0.2) is 48.5 Å². The molecule has 0 unspecified atom stereocenters. The zero-order chi connectivity index (χ0) is 16.7. The Morgan fingerprint density at radius 2 is 1.38 bits per heavy atom. The molecule has 2 amide bonds. The molecule has 1 fully saturated rings. The van der Waals surface area contributed by atoms with E-state index in [1.54, 1.807) is 0 Å². The van der Waals surface area contributed by atoms with Crippen LogP contribution in [0.2, 0.25) is 0 Å². The Morgan fingerprint density at radius 3 is 1.92 bits per heavy atom. The topological polar surface area (TPSA) is 63.7 Å². The van der Waals surface area contributed by atoms with Gasteiger partial charge in [0.15, 0.2) is 0 Å². The number of hydroxylamine groups is 2. The average Bonchev–Trinajstić information content (AvgIpc) is 2.91. The minimum atomic E-state index is -0.632. The van der Waals surface area contributed by atoms with Gasteiger partial charge in [-0.1, -0.05) is 48.5 Å². The first-order valence-corrected chi connectivity index (χ1v) is 7.88. The van der Waals surface area contributed by atoms with Crippen molar-refractivity contribution in [2.75, 3.05) is 0 Å². The van der Waals surface area contributed by atoms with Gasteiger partial charge < -0.3 is 4.84 Å². The molecule has 5 nitrogen and oxygen atoms in total. The SMILES string of the molecule is O=C(ON1C(=O)CCC1=O)C1c2ccccc2Cc2ccccc21. The van der Waals surface area contributed by atoms with Crippen molar-refractivity contribution in [2.24, 2.45) is 0 Å². The monoisotopic (exact) mass is 321 g/mol. The molecule has 2 aromatic rings. The molecule has 0 aromatic heterocycles. The lowest BCUT2D eigenvalue weighted by Gasteiger charge is -2.27. The second-order valence-electron chi connectivity index (χ2n) is 6.00. The normalized spacial score (nSPS) is 16.8. The Balaban J connectivity index is 1.73. The lowest BCUT2D eigenvalue weighted by molar-refractivity contribution is -0.198. The van der Waals surface area contributed by atoms with Gasteiger partial charge in [0.1, 0.15) is 5.92 Å². The fourth-order valence-corrected chi connectivity index (χ4v) is 3.38. The third-order valence-corrected chi connectivity index (χ3v) is 4.54. The van der Waals surface area contributed by atoms with Gasteiger partial charge in [0, 0.05) is 12.8 Å². The molecule has 0 N–H and O–H groups in total. The van der Waals surface area contributed by atoms with Gasteiger partial charge in [-0.3, -0.25) is 9.59 Å². The number of hydrogen-bond acceptors (Lipinski definition) is 4. The van der Waals surface area contributed by atoms with Gasteiger partial charge >= 0.3 is 5.97 Å². The van der Waals surface area contributed by atoms with E-state index in [0.717, 1.165) is 28.7 Å². The van der Waals surface area contributed by atoms with Crippen LogP contribution in [0.4, 0.5) is 0 Å². The number of rotatable bonds is 2. The van der Waals surface area contributed by atoms with E-state index < -0.39 is 23.7 Å². The molecule has 2 aromatic carbocycles. The van der Waals surface area contributed by atoms with Crippen molar-refractivity contribution in [1.29, 1.82) is 0 Å². The van der Waals surface area contributed by atoms with Crippen molar-refractivity contribution in [3.8, 4) is 0 Å². The van der Waals surface area contributed by atoms with Gasteiger partial charge in [0.05, 0.1) is 0 Å². The summed E-state index contributed by atoms with van der Waals surface area (Å²) >= 11 is 0. The summed E-state index contributed by atoms with van der Waals surface area (Å²) in [5, 5.41) is 0.613. The number of fused-ring (bicyclic) bond motifs is 2. The van der Waals surface area contributed by atoms with Crippen LogP contribution in [0.5, 0.6) is 0 Å². The smallest absolute Gasteiger partial charge is 0.329 e. The number of amides is 2. The Morgan fingerprint density at radius 1 is 0.875 bits per heavy atom. The molecule has 1 saturated heterocycles. The maximum atomic E-state index is 12.8. The Labute approximate surface area is 138 Å². The fraction of sp³-hybridized carbons (Fsp3) is 0.211. The summed E-state index contributed by atoms with van der Waals surface area (Å²) in [5.74, 6) is -2.16. The van der Waals surface area contributed by atoms with Crippen molar-refractivity contribution >= 4 is 17.8 Å². The zero-order valence-electron chi connectivity index (χ0n) is 12.9. The van der Waals surface area contributed by atoms with Crippen LogP contribution in [0.1, 0.15) is 41.0 Å². The van der Waals surface area contributed by atoms with Crippen LogP contribution in [0, 0.1) is 0 Å². The van der Waals surface area contributed by atoms with Gasteiger partial charge in [0.2, 0.25) is 0 Å². The summed E-state index contributed by atoms with van der Waals surface area (Å²) in [7, 11) is 0. The molecule has 1 heterocycles. The largest absolute Gasteiger partial charge is 0.344 e. The Kier molecular flexibility index (Phi) is 3.41. The van der Waals surface area contributed by atoms with Crippen molar-refractivity contribution in [3.63, 3.8) is 0 Å². The van der Waals surface area contributed by atoms with Crippen LogP contribution in [-0.2, 0) is 25.6 Å². The molecular weight excluding hydrogens is 306 g/mol. The summed E-state index contributed by atoms with van der Waals surface area (Å²) in [6, 6.07) is 15.4. The van der Waals surface area contributed by atoms with E-state index >= 15 is 0 Å². The minimum Gasteiger partial charge on any atom is -0.329 e. The first-order valence-electron chi connectivity index (χ1n) is 7.88. The number of hydrogen-bond donors (Lipinski definition) is 0. The van der Waals surface area contributed by atoms with E-state index in [0.29, 0.717) is 5.06 Å². The van der Waals surface area contributed by atoms with Crippen LogP contribution in [0.25, 0.3) is 0 Å². The highest BCUT2D eigenvalue weighted by Gasteiger charge is 2.38. The molecule has 5 heteroatoms. The molecule has 1 aliphatic heterocycles. The van der Waals surface area contributed by atoms with Gasteiger partial charge in [-0.2, -0.15) is 0 Å². The summed E-state index contributed by atoms with van der Waals surface area (Å²) in [4.78, 5) is 41.4. The van der Waals surface area contributed by atoms with Crippen molar-refractivity contribution in [1.82, 2.24) is 5.06 Å². The van der Waals surface area contributed by atoms with E-state index in [9.17, 15) is 14.4 Å². The highest BCUT2D eigenvalue weighted by atomic mass is 16.7. The highest BCUT2D eigenvalue weighted by molar-refractivity contribution is 6.02. The summed E-state index contributed by atoms with van der Waals surface area (Å²) in [5.41, 5.74) is 3.83. The van der Waals surface area contributed by atoms with E-state index in [1.807, 2.05) is 48.5 Å². The summed E-state index contributed by atoms with van der Waals surface area (Å²) in [6.45, 7) is 0. The number of imide groups is 1. The van der Waals surface area contributed by atoms with Crippen LogP contribution in [0.3, 0.4) is 0 Å². The van der Waals surface area contributed by atoms with Crippen LogP contribution in [-0.4, -0.2) is 22.8 Å². The molecule has 0 radical (unpaired) electrons. The Bertz CT molecular complexity index is 796. The van der Waals surface area contributed by atoms with Crippen molar-refractivity contribution in [3.05, 3.63) is 70.8 Å². The van der Waals surface area contributed by atoms with Crippen LogP contribution >= 0.6 is 0 Å². The zero-order valence-corrected chi connectivity index (χ0v) is 12.9. The van der Waals surface area contributed by atoms with Crippen molar-refractivity contribution in [2.45, 2.75) is 25.2 Å². The maximum absolute atomic E-state index is 12.8. The number of benzene rings is 2. The van der Waals surface area contributed by atoms with Gasteiger partial charge in [-0.15, -0.1) is 5.06 Å². The molecule has 2 aliphatic rings. The average molecular weight is 321 g/mol. The molecule has 120 valence electrons. The summed E-state index contributed by atoms with van der Waals surface area (Å²) in [6.07, 6.45) is 0.922. The minimum absolute atomic E-state index is 0.0873. The fourth-order valence-electron chi connectivity index (χ4n) is 3.38. The van der Waals surface area contributed by atoms with E-state index in [-0.39, 0.29) is 12.8 Å². The molecule has 0 spiro atoms. The second kappa shape index (κ2) is 5.60. The van der Waals surface area contributed by atoms with Gasteiger partial charge in [0.25, 0.3) is 11.8 Å². The predicted molar refractivity (Wildman–Crippen MR) is 84.7 cm³/mol. The number of nitrogens with zero attached hydrogens (tertiary/aromatic N) is 1. The molecule has 0 bridgehead atoms. The number of carbonyl (C=O) groups is 3. The standard InChI is InChI=1S/C19H15NO4/c21-16-9-10-17(22)20(16)24-19(23)18-14-7-3-1-5-12(14)11-13-6-2-4-8-15(13)18/h1-8,18H,9-11H2. The summed E-state index contributed by atoms with van der Waals surface area (Å²) < 4.78 is 0. The molecule has 1 aliphatic carbocycles. The van der Waals surface area contributed by atoms with Crippen LogP contribution < -0.4 is 0 Å². The molecule has 24 heavy (non-hydrogen) atoms. The molecule has 4 rings (SSSR count). The lowest BCUT2D eigenvalue weighted by atomic mass is 9.78. The second-order valence-corrected chi connectivity index (χ2v) is 6.00. The van der Waals surface area contributed by atoms with Gasteiger partial charge in [-0.05, 0) is 28.7 Å². The Hall–Kier alpha value is -2.95. The predicted octanol–water partition coefficient (Wildman–Crippen LogP) is 2.33. The van der Waals surface area contributed by atoms with E-state index in [4.69, 9.17) is 4.84 Å². The third-order valence-electron chi connectivity index (χ3n) is 4.54. The maximum Gasteiger partial charge on any atom is 0.344 e.